The van der Waals surface area contributed by atoms with Crippen LogP contribution in [0.3, 0.4) is 0 Å². The molecule has 3 nitrogen and oxygen atoms in total. The fourth-order valence-corrected chi connectivity index (χ4v) is 0.910. The maximum atomic E-state index is 10.9. The van der Waals surface area contributed by atoms with E-state index in [1.165, 1.54) is 0 Å². The summed E-state index contributed by atoms with van der Waals surface area (Å²) >= 11 is 3.21. The Labute approximate surface area is 81.7 Å². The Morgan fingerprint density at radius 2 is 2.25 bits per heavy atom. The zero-order chi connectivity index (χ0) is 9.40. The van der Waals surface area contributed by atoms with E-state index in [1.54, 1.807) is 0 Å². The summed E-state index contributed by atoms with van der Waals surface area (Å²) in [6.07, 6.45) is 0.522. The highest BCUT2D eigenvalue weighted by Crippen LogP contribution is 1.96. The van der Waals surface area contributed by atoms with Crippen molar-refractivity contribution >= 4 is 21.8 Å². The van der Waals surface area contributed by atoms with Gasteiger partial charge in [-0.2, -0.15) is 0 Å². The lowest BCUT2D eigenvalue weighted by molar-refractivity contribution is -0.120. The molecular weight excluding hydrogens is 220 g/mol. The number of nitrogens with one attached hydrogen (secondary N) is 2. The largest absolute Gasteiger partial charge is 0.356 e. The first kappa shape index (κ1) is 11.6. The predicted octanol–water partition coefficient (Wildman–Crippen LogP) is 1.01. The summed E-state index contributed by atoms with van der Waals surface area (Å²) in [4.78, 5) is 10.9. The molecule has 4 heteroatoms. The van der Waals surface area contributed by atoms with Crippen molar-refractivity contribution in [2.45, 2.75) is 13.3 Å². The van der Waals surface area contributed by atoms with E-state index in [1.807, 2.05) is 6.92 Å². The van der Waals surface area contributed by atoms with Crippen molar-refractivity contribution in [1.82, 2.24) is 10.6 Å². The van der Waals surface area contributed by atoms with Crippen LogP contribution in [0.5, 0.6) is 0 Å². The van der Waals surface area contributed by atoms with Crippen LogP contribution in [0.15, 0.2) is 11.1 Å². The monoisotopic (exact) mass is 234 g/mol. The minimum Gasteiger partial charge on any atom is -0.356 e. The molecule has 0 radical (unpaired) electrons. The molecule has 0 aromatic rings. The molecule has 0 fully saturated rings. The zero-order valence-corrected chi connectivity index (χ0v) is 8.91. The third-order valence-corrected chi connectivity index (χ3v) is 1.50. The second-order valence-corrected chi connectivity index (χ2v) is 3.52. The van der Waals surface area contributed by atoms with E-state index in [9.17, 15) is 4.79 Å². The number of carbonyl (C=O) groups is 1. The van der Waals surface area contributed by atoms with Gasteiger partial charge in [0, 0.05) is 30.5 Å². The van der Waals surface area contributed by atoms with Crippen LogP contribution in [0.4, 0.5) is 0 Å². The van der Waals surface area contributed by atoms with E-state index in [2.05, 4.69) is 33.1 Å². The van der Waals surface area contributed by atoms with Crippen LogP contribution in [-0.4, -0.2) is 25.5 Å². The van der Waals surface area contributed by atoms with Crippen LogP contribution in [-0.2, 0) is 4.79 Å². The van der Waals surface area contributed by atoms with E-state index in [0.29, 0.717) is 26.1 Å². The summed E-state index contributed by atoms with van der Waals surface area (Å²) in [5.74, 6) is 0.0881. The van der Waals surface area contributed by atoms with Crippen LogP contribution < -0.4 is 10.6 Å². The van der Waals surface area contributed by atoms with Crippen molar-refractivity contribution in [3.05, 3.63) is 11.1 Å². The molecule has 2 N–H and O–H groups in total. The summed E-state index contributed by atoms with van der Waals surface area (Å²) in [5.41, 5.74) is 0. The van der Waals surface area contributed by atoms with Gasteiger partial charge >= 0.3 is 0 Å². The Kier molecular flexibility index (Phi) is 7.09. The quantitative estimate of drug-likeness (QED) is 0.674. The molecular formula is C8H15BrN2O. The van der Waals surface area contributed by atoms with Crippen LogP contribution in [0.1, 0.15) is 13.3 Å². The van der Waals surface area contributed by atoms with Gasteiger partial charge in [0.2, 0.25) is 5.91 Å². The third-order valence-electron chi connectivity index (χ3n) is 1.22. The van der Waals surface area contributed by atoms with Gasteiger partial charge in [-0.15, -0.1) is 0 Å². The Hall–Kier alpha value is -0.350. The van der Waals surface area contributed by atoms with E-state index in [-0.39, 0.29) is 5.91 Å². The van der Waals surface area contributed by atoms with Crippen LogP contribution in [0.25, 0.3) is 0 Å². The summed E-state index contributed by atoms with van der Waals surface area (Å²) in [7, 11) is 0. The standard InChI is InChI=1S/C8H15BrN2O/c1-3-11-8(12)4-5-10-6-7(2)9/h10H,2-6H2,1H3,(H,11,12). The average Bonchev–Trinajstić information content (AvgIpc) is 1.98. The Bertz CT molecular complexity index is 159. The van der Waals surface area contributed by atoms with Gasteiger partial charge < -0.3 is 10.6 Å². The normalized spacial score (nSPS) is 9.50. The van der Waals surface area contributed by atoms with Crippen LogP contribution in [0.2, 0.25) is 0 Å². The number of hydrogen-bond donors (Lipinski definition) is 2. The van der Waals surface area contributed by atoms with Gasteiger partial charge in [-0.1, -0.05) is 22.5 Å². The zero-order valence-electron chi connectivity index (χ0n) is 7.32. The summed E-state index contributed by atoms with van der Waals surface area (Å²) in [6, 6.07) is 0. The molecule has 0 atom stereocenters. The molecule has 0 heterocycles. The fourth-order valence-electron chi connectivity index (χ4n) is 0.711. The lowest BCUT2D eigenvalue weighted by atomic mass is 10.4. The van der Waals surface area contributed by atoms with Gasteiger partial charge in [0.1, 0.15) is 0 Å². The van der Waals surface area contributed by atoms with E-state index in [4.69, 9.17) is 0 Å². The maximum absolute atomic E-state index is 10.9. The molecule has 70 valence electrons. The van der Waals surface area contributed by atoms with Crippen molar-refractivity contribution in [2.75, 3.05) is 19.6 Å². The smallest absolute Gasteiger partial charge is 0.221 e. The number of rotatable bonds is 6. The lowest BCUT2D eigenvalue weighted by Crippen LogP contribution is -2.27. The van der Waals surface area contributed by atoms with Crippen molar-refractivity contribution < 1.29 is 4.79 Å². The van der Waals surface area contributed by atoms with Gasteiger partial charge in [0.25, 0.3) is 0 Å². The molecule has 0 aliphatic carbocycles. The summed E-state index contributed by atoms with van der Waals surface area (Å²) in [5, 5.41) is 5.79. The molecule has 0 aliphatic heterocycles. The Balaban J connectivity index is 3.19. The van der Waals surface area contributed by atoms with Gasteiger partial charge in [-0.3, -0.25) is 4.79 Å². The van der Waals surface area contributed by atoms with Crippen molar-refractivity contribution in [3.63, 3.8) is 0 Å². The second-order valence-electron chi connectivity index (χ2n) is 2.40. The topological polar surface area (TPSA) is 41.1 Å². The maximum Gasteiger partial charge on any atom is 0.221 e. The Morgan fingerprint density at radius 3 is 2.75 bits per heavy atom. The van der Waals surface area contributed by atoms with Gasteiger partial charge in [-0.25, -0.2) is 0 Å². The van der Waals surface area contributed by atoms with Gasteiger partial charge in [-0.05, 0) is 6.92 Å². The van der Waals surface area contributed by atoms with Crippen LogP contribution >= 0.6 is 15.9 Å². The number of carbonyl (C=O) groups excluding carboxylic acids is 1. The first-order valence-electron chi connectivity index (χ1n) is 3.97. The molecule has 0 unspecified atom stereocenters. The lowest BCUT2D eigenvalue weighted by Gasteiger charge is -2.03. The summed E-state index contributed by atoms with van der Waals surface area (Å²) in [6.45, 7) is 7.67. The molecule has 0 saturated carbocycles. The van der Waals surface area contributed by atoms with Crippen molar-refractivity contribution in [1.29, 1.82) is 0 Å². The fraction of sp³-hybridized carbons (Fsp3) is 0.625. The molecule has 0 bridgehead atoms. The molecule has 0 aromatic heterocycles. The minimum absolute atomic E-state index is 0.0881. The van der Waals surface area contributed by atoms with Crippen molar-refractivity contribution in [3.8, 4) is 0 Å². The predicted molar refractivity (Wildman–Crippen MR) is 54.2 cm³/mol. The highest BCUT2D eigenvalue weighted by Gasteiger charge is 1.97. The summed E-state index contributed by atoms with van der Waals surface area (Å²) < 4.78 is 0.901. The number of hydrogen-bond acceptors (Lipinski definition) is 2. The number of amides is 1. The van der Waals surface area contributed by atoms with Crippen LogP contribution in [0, 0.1) is 0 Å². The van der Waals surface area contributed by atoms with Crippen molar-refractivity contribution in [2.24, 2.45) is 0 Å². The number of halogens is 1. The highest BCUT2D eigenvalue weighted by molar-refractivity contribution is 9.11. The molecule has 0 saturated heterocycles. The molecule has 0 aromatic carbocycles. The van der Waals surface area contributed by atoms with E-state index in [0.717, 1.165) is 4.48 Å². The first-order chi connectivity index (χ1) is 5.66. The van der Waals surface area contributed by atoms with Gasteiger partial charge in [0.15, 0.2) is 0 Å². The minimum atomic E-state index is 0.0881. The molecule has 12 heavy (non-hydrogen) atoms. The molecule has 0 rings (SSSR count). The van der Waals surface area contributed by atoms with E-state index >= 15 is 0 Å². The third kappa shape index (κ3) is 7.75. The molecule has 0 aliphatic rings. The van der Waals surface area contributed by atoms with Gasteiger partial charge in [0.05, 0.1) is 0 Å². The highest BCUT2D eigenvalue weighted by atomic mass is 79.9. The average molecular weight is 235 g/mol. The first-order valence-corrected chi connectivity index (χ1v) is 4.76. The second kappa shape index (κ2) is 7.31. The SMILES string of the molecule is C=C(Br)CNCCC(=O)NCC. The van der Waals surface area contributed by atoms with E-state index < -0.39 is 0 Å². The Morgan fingerprint density at radius 1 is 1.58 bits per heavy atom. The molecule has 0 spiro atoms. The molecule has 1 amide bonds.